The standard InChI is InChI=1S/C19H24N4O2/c1-3-23(15-8-5-4-6-9-15)19(24)17-12-18(22-14(2)21-17)20-13-16-10-7-11-25-16/h4-6,8-9,12,16H,3,7,10-11,13H2,1-2H3,(H,20,21,22). The zero-order valence-electron chi connectivity index (χ0n) is 14.7. The summed E-state index contributed by atoms with van der Waals surface area (Å²) >= 11 is 0. The average Bonchev–Trinajstić information content (AvgIpc) is 3.14. The molecule has 1 aromatic heterocycles. The largest absolute Gasteiger partial charge is 0.376 e. The molecular formula is C19H24N4O2. The van der Waals surface area contributed by atoms with Crippen molar-refractivity contribution in [3.05, 3.63) is 47.9 Å². The third-order valence-electron chi connectivity index (χ3n) is 4.22. The van der Waals surface area contributed by atoms with E-state index in [0.717, 1.165) is 25.1 Å². The predicted molar refractivity (Wildman–Crippen MR) is 98.0 cm³/mol. The summed E-state index contributed by atoms with van der Waals surface area (Å²) in [6.45, 7) is 5.84. The number of nitrogens with one attached hydrogen (secondary N) is 1. The molecule has 1 fully saturated rings. The lowest BCUT2D eigenvalue weighted by Crippen LogP contribution is -2.31. The van der Waals surface area contributed by atoms with Gasteiger partial charge in [-0.3, -0.25) is 4.79 Å². The molecule has 1 unspecified atom stereocenters. The van der Waals surface area contributed by atoms with Crippen molar-refractivity contribution in [2.24, 2.45) is 0 Å². The van der Waals surface area contributed by atoms with E-state index >= 15 is 0 Å². The number of para-hydroxylation sites is 1. The molecule has 0 spiro atoms. The van der Waals surface area contributed by atoms with E-state index in [-0.39, 0.29) is 12.0 Å². The first kappa shape index (κ1) is 17.4. The molecule has 2 heterocycles. The number of benzene rings is 1. The molecular weight excluding hydrogens is 316 g/mol. The van der Waals surface area contributed by atoms with E-state index in [9.17, 15) is 4.79 Å². The van der Waals surface area contributed by atoms with E-state index in [2.05, 4.69) is 15.3 Å². The van der Waals surface area contributed by atoms with Gasteiger partial charge in [0.1, 0.15) is 17.3 Å². The summed E-state index contributed by atoms with van der Waals surface area (Å²) in [5, 5.41) is 3.27. The van der Waals surface area contributed by atoms with Crippen LogP contribution >= 0.6 is 0 Å². The molecule has 1 aromatic carbocycles. The lowest BCUT2D eigenvalue weighted by atomic mass is 10.2. The van der Waals surface area contributed by atoms with Gasteiger partial charge in [-0.25, -0.2) is 9.97 Å². The van der Waals surface area contributed by atoms with Crippen molar-refractivity contribution in [2.75, 3.05) is 29.9 Å². The minimum atomic E-state index is -0.126. The number of anilines is 2. The summed E-state index contributed by atoms with van der Waals surface area (Å²) in [4.78, 5) is 23.4. The van der Waals surface area contributed by atoms with Gasteiger partial charge in [0.2, 0.25) is 0 Å². The Kier molecular flexibility index (Phi) is 5.60. The average molecular weight is 340 g/mol. The molecule has 3 rings (SSSR count). The van der Waals surface area contributed by atoms with Crippen LogP contribution in [0.5, 0.6) is 0 Å². The third kappa shape index (κ3) is 4.33. The van der Waals surface area contributed by atoms with Crippen LogP contribution in [-0.2, 0) is 4.74 Å². The molecule has 1 amide bonds. The van der Waals surface area contributed by atoms with Gasteiger partial charge in [0.15, 0.2) is 0 Å². The number of nitrogens with zero attached hydrogens (tertiary/aromatic N) is 3. The van der Waals surface area contributed by atoms with Crippen LogP contribution in [0.2, 0.25) is 0 Å². The molecule has 1 saturated heterocycles. The number of aryl methyl sites for hydroxylation is 1. The highest BCUT2D eigenvalue weighted by Gasteiger charge is 2.20. The SMILES string of the molecule is CCN(C(=O)c1cc(NCC2CCCO2)nc(C)n1)c1ccccc1. The molecule has 0 aliphatic carbocycles. The number of ether oxygens (including phenoxy) is 1. The van der Waals surface area contributed by atoms with Gasteiger partial charge in [-0.2, -0.15) is 0 Å². The first-order valence-corrected chi connectivity index (χ1v) is 8.75. The van der Waals surface area contributed by atoms with Gasteiger partial charge in [0.25, 0.3) is 5.91 Å². The zero-order chi connectivity index (χ0) is 17.6. The molecule has 1 N–H and O–H groups in total. The van der Waals surface area contributed by atoms with Gasteiger partial charge < -0.3 is 15.0 Å². The molecule has 0 bridgehead atoms. The number of hydrogen-bond acceptors (Lipinski definition) is 5. The van der Waals surface area contributed by atoms with Crippen LogP contribution in [-0.4, -0.2) is 41.7 Å². The fraction of sp³-hybridized carbons (Fsp3) is 0.421. The molecule has 0 radical (unpaired) electrons. The van der Waals surface area contributed by atoms with Crippen LogP contribution in [0.15, 0.2) is 36.4 Å². The van der Waals surface area contributed by atoms with Crippen LogP contribution in [0.25, 0.3) is 0 Å². The highest BCUT2D eigenvalue weighted by molar-refractivity contribution is 6.05. The maximum absolute atomic E-state index is 12.9. The van der Waals surface area contributed by atoms with Crippen LogP contribution in [0.3, 0.4) is 0 Å². The summed E-state index contributed by atoms with van der Waals surface area (Å²) in [6, 6.07) is 11.3. The quantitative estimate of drug-likeness (QED) is 0.875. The van der Waals surface area contributed by atoms with Crippen LogP contribution in [0, 0.1) is 6.92 Å². The molecule has 6 nitrogen and oxygen atoms in total. The number of aromatic nitrogens is 2. The topological polar surface area (TPSA) is 67.4 Å². The van der Waals surface area contributed by atoms with Gasteiger partial charge in [-0.1, -0.05) is 18.2 Å². The summed E-state index contributed by atoms with van der Waals surface area (Å²) in [5.41, 5.74) is 1.26. The highest BCUT2D eigenvalue weighted by atomic mass is 16.5. The van der Waals surface area contributed by atoms with E-state index in [1.54, 1.807) is 17.9 Å². The van der Waals surface area contributed by atoms with Crippen molar-refractivity contribution in [2.45, 2.75) is 32.8 Å². The van der Waals surface area contributed by atoms with Crippen molar-refractivity contribution in [3.8, 4) is 0 Å². The Morgan fingerprint density at radius 3 is 2.80 bits per heavy atom. The molecule has 1 aliphatic heterocycles. The molecule has 1 atom stereocenters. The van der Waals surface area contributed by atoms with Crippen molar-refractivity contribution in [1.82, 2.24) is 9.97 Å². The minimum Gasteiger partial charge on any atom is -0.376 e. The zero-order valence-corrected chi connectivity index (χ0v) is 14.7. The van der Waals surface area contributed by atoms with Gasteiger partial charge in [-0.15, -0.1) is 0 Å². The predicted octanol–water partition coefficient (Wildman–Crippen LogP) is 3.04. The van der Waals surface area contributed by atoms with E-state index in [1.165, 1.54) is 0 Å². The van der Waals surface area contributed by atoms with Crippen molar-refractivity contribution >= 4 is 17.4 Å². The van der Waals surface area contributed by atoms with E-state index < -0.39 is 0 Å². The summed E-state index contributed by atoms with van der Waals surface area (Å²) in [7, 11) is 0. The van der Waals surface area contributed by atoms with Gasteiger partial charge >= 0.3 is 0 Å². The smallest absolute Gasteiger partial charge is 0.277 e. The highest BCUT2D eigenvalue weighted by Crippen LogP contribution is 2.18. The number of amides is 1. The Labute approximate surface area is 148 Å². The van der Waals surface area contributed by atoms with Crippen LogP contribution in [0.1, 0.15) is 36.1 Å². The Hall–Kier alpha value is -2.47. The lowest BCUT2D eigenvalue weighted by molar-refractivity contribution is 0.0983. The minimum absolute atomic E-state index is 0.126. The Balaban J connectivity index is 1.77. The number of hydrogen-bond donors (Lipinski definition) is 1. The molecule has 132 valence electrons. The molecule has 6 heteroatoms. The monoisotopic (exact) mass is 340 g/mol. The Morgan fingerprint density at radius 2 is 2.12 bits per heavy atom. The van der Waals surface area contributed by atoms with Crippen molar-refractivity contribution in [1.29, 1.82) is 0 Å². The van der Waals surface area contributed by atoms with Gasteiger partial charge in [-0.05, 0) is 38.8 Å². The van der Waals surface area contributed by atoms with E-state index in [4.69, 9.17) is 4.74 Å². The Bertz CT molecular complexity index is 715. The first-order valence-electron chi connectivity index (χ1n) is 8.75. The summed E-state index contributed by atoms with van der Waals surface area (Å²) < 4.78 is 5.61. The van der Waals surface area contributed by atoms with Crippen molar-refractivity contribution in [3.63, 3.8) is 0 Å². The fourth-order valence-corrected chi connectivity index (χ4v) is 2.98. The number of carbonyl (C=O) groups excluding carboxylic acids is 1. The number of carbonyl (C=O) groups is 1. The summed E-state index contributed by atoms with van der Waals surface area (Å²) in [6.07, 6.45) is 2.37. The van der Waals surface area contributed by atoms with E-state index in [0.29, 0.717) is 30.4 Å². The number of rotatable bonds is 6. The second kappa shape index (κ2) is 8.07. The van der Waals surface area contributed by atoms with Crippen molar-refractivity contribution < 1.29 is 9.53 Å². The molecule has 1 aliphatic rings. The summed E-state index contributed by atoms with van der Waals surface area (Å²) in [5.74, 6) is 1.11. The molecule has 25 heavy (non-hydrogen) atoms. The first-order chi connectivity index (χ1) is 12.2. The van der Waals surface area contributed by atoms with Gasteiger partial charge in [0.05, 0.1) is 6.10 Å². The van der Waals surface area contributed by atoms with Crippen LogP contribution in [0.4, 0.5) is 11.5 Å². The molecule has 2 aromatic rings. The maximum Gasteiger partial charge on any atom is 0.277 e. The third-order valence-corrected chi connectivity index (χ3v) is 4.22. The van der Waals surface area contributed by atoms with E-state index in [1.807, 2.05) is 37.3 Å². The lowest BCUT2D eigenvalue weighted by Gasteiger charge is -2.21. The Morgan fingerprint density at radius 1 is 1.32 bits per heavy atom. The second-order valence-corrected chi connectivity index (χ2v) is 6.09. The van der Waals surface area contributed by atoms with Gasteiger partial charge in [0, 0.05) is 31.5 Å². The molecule has 0 saturated carbocycles. The normalized spacial score (nSPS) is 16.6. The van der Waals surface area contributed by atoms with Crippen LogP contribution < -0.4 is 10.2 Å². The fourth-order valence-electron chi connectivity index (χ4n) is 2.98. The second-order valence-electron chi connectivity index (χ2n) is 6.09. The maximum atomic E-state index is 12.9.